The molecule has 1 unspecified atom stereocenters. The SMILES string of the molecule is CNCc1ccc(C)c(S(=O)(=O)NC(C)CN(C)C)c1. The average Bonchev–Trinajstić information content (AvgIpc) is 2.29. The third kappa shape index (κ3) is 4.86. The van der Waals surface area contributed by atoms with Crippen molar-refractivity contribution in [2.45, 2.75) is 31.3 Å². The van der Waals surface area contributed by atoms with Crippen LogP contribution in [0.2, 0.25) is 0 Å². The maximum atomic E-state index is 12.5. The Kier molecular flexibility index (Phi) is 6.13. The van der Waals surface area contributed by atoms with Crippen LogP contribution in [0.5, 0.6) is 0 Å². The zero-order valence-corrected chi connectivity index (χ0v) is 13.7. The third-order valence-corrected chi connectivity index (χ3v) is 4.65. The summed E-state index contributed by atoms with van der Waals surface area (Å²) in [6, 6.07) is 5.38. The van der Waals surface area contributed by atoms with E-state index in [9.17, 15) is 8.42 Å². The van der Waals surface area contributed by atoms with Gasteiger partial charge in [0.1, 0.15) is 0 Å². The van der Waals surface area contributed by atoms with Crippen molar-refractivity contribution in [2.75, 3.05) is 27.7 Å². The fourth-order valence-corrected chi connectivity index (χ4v) is 3.69. The van der Waals surface area contributed by atoms with Gasteiger partial charge in [0, 0.05) is 19.1 Å². The first-order valence-electron chi connectivity index (χ1n) is 6.67. The topological polar surface area (TPSA) is 61.4 Å². The molecule has 0 amide bonds. The minimum Gasteiger partial charge on any atom is -0.316 e. The van der Waals surface area contributed by atoms with Gasteiger partial charge in [-0.25, -0.2) is 13.1 Å². The molecule has 2 N–H and O–H groups in total. The van der Waals surface area contributed by atoms with Crippen LogP contribution in [-0.4, -0.2) is 47.0 Å². The zero-order valence-electron chi connectivity index (χ0n) is 12.9. The first-order valence-corrected chi connectivity index (χ1v) is 8.15. The Morgan fingerprint density at radius 2 is 1.95 bits per heavy atom. The summed E-state index contributed by atoms with van der Waals surface area (Å²) in [6.45, 7) is 4.99. The van der Waals surface area contributed by atoms with Gasteiger partial charge in [-0.1, -0.05) is 12.1 Å². The Balaban J connectivity index is 2.99. The summed E-state index contributed by atoms with van der Waals surface area (Å²) in [4.78, 5) is 2.31. The van der Waals surface area contributed by atoms with Crippen LogP contribution in [0, 0.1) is 6.92 Å². The molecule has 1 atom stereocenters. The van der Waals surface area contributed by atoms with E-state index in [0.717, 1.165) is 11.1 Å². The molecular formula is C14H25N3O2S. The fraction of sp³-hybridized carbons (Fsp3) is 0.571. The molecule has 0 radical (unpaired) electrons. The molecule has 0 spiro atoms. The molecule has 0 aliphatic rings. The van der Waals surface area contributed by atoms with Gasteiger partial charge in [-0.3, -0.25) is 0 Å². The van der Waals surface area contributed by atoms with Crippen molar-refractivity contribution >= 4 is 10.0 Å². The summed E-state index contributed by atoms with van der Waals surface area (Å²) >= 11 is 0. The van der Waals surface area contributed by atoms with Crippen molar-refractivity contribution in [3.63, 3.8) is 0 Å². The first-order chi connectivity index (χ1) is 9.26. The van der Waals surface area contributed by atoms with E-state index < -0.39 is 10.0 Å². The molecule has 1 aromatic rings. The van der Waals surface area contributed by atoms with Crippen LogP contribution in [0.1, 0.15) is 18.1 Å². The minimum atomic E-state index is -3.48. The maximum absolute atomic E-state index is 12.5. The van der Waals surface area contributed by atoms with Gasteiger partial charge >= 0.3 is 0 Å². The molecule has 0 aromatic heterocycles. The first kappa shape index (κ1) is 17.1. The van der Waals surface area contributed by atoms with Crippen molar-refractivity contribution in [2.24, 2.45) is 0 Å². The lowest BCUT2D eigenvalue weighted by Gasteiger charge is -2.19. The van der Waals surface area contributed by atoms with E-state index in [2.05, 4.69) is 10.0 Å². The lowest BCUT2D eigenvalue weighted by Crippen LogP contribution is -2.39. The molecule has 0 saturated carbocycles. The van der Waals surface area contributed by atoms with Gasteiger partial charge in [0.15, 0.2) is 0 Å². The number of hydrogen-bond acceptors (Lipinski definition) is 4. The molecule has 0 saturated heterocycles. The summed E-state index contributed by atoms with van der Waals surface area (Å²) in [5.41, 5.74) is 1.72. The van der Waals surface area contributed by atoms with Gasteiger partial charge in [0.25, 0.3) is 0 Å². The van der Waals surface area contributed by atoms with Crippen molar-refractivity contribution in [3.05, 3.63) is 29.3 Å². The smallest absolute Gasteiger partial charge is 0.241 e. The van der Waals surface area contributed by atoms with Gasteiger partial charge in [0.05, 0.1) is 4.90 Å². The number of nitrogens with one attached hydrogen (secondary N) is 2. The van der Waals surface area contributed by atoms with Crippen LogP contribution < -0.4 is 10.0 Å². The van der Waals surface area contributed by atoms with E-state index in [-0.39, 0.29) is 6.04 Å². The molecule has 6 heteroatoms. The van der Waals surface area contributed by atoms with E-state index in [1.807, 2.05) is 52.0 Å². The summed E-state index contributed by atoms with van der Waals surface area (Å²) in [5, 5.41) is 3.03. The minimum absolute atomic E-state index is 0.137. The van der Waals surface area contributed by atoms with Crippen LogP contribution in [0.3, 0.4) is 0 Å². The standard InChI is InChI=1S/C14H25N3O2S/c1-11-6-7-13(9-15-3)8-14(11)20(18,19)16-12(2)10-17(4)5/h6-8,12,15-16H,9-10H2,1-5H3. The Hall–Kier alpha value is -0.950. The number of nitrogens with zero attached hydrogens (tertiary/aromatic N) is 1. The van der Waals surface area contributed by atoms with Gasteiger partial charge in [0.2, 0.25) is 10.0 Å². The van der Waals surface area contributed by atoms with Crippen molar-refractivity contribution in [3.8, 4) is 0 Å². The predicted molar refractivity (Wildman–Crippen MR) is 82.3 cm³/mol. The molecule has 0 bridgehead atoms. The highest BCUT2D eigenvalue weighted by Crippen LogP contribution is 2.17. The second-order valence-corrected chi connectivity index (χ2v) is 7.10. The molecule has 1 aromatic carbocycles. The largest absolute Gasteiger partial charge is 0.316 e. The van der Waals surface area contributed by atoms with Crippen molar-refractivity contribution in [1.82, 2.24) is 14.9 Å². The molecule has 0 aliphatic heterocycles. The fourth-order valence-electron chi connectivity index (χ4n) is 2.16. The number of likely N-dealkylation sites (N-methyl/N-ethyl adjacent to an activating group) is 1. The second-order valence-electron chi connectivity index (χ2n) is 5.41. The Morgan fingerprint density at radius 3 is 2.50 bits per heavy atom. The summed E-state index contributed by atoms with van der Waals surface area (Å²) in [6.07, 6.45) is 0. The average molecular weight is 299 g/mol. The van der Waals surface area contributed by atoms with Gasteiger partial charge < -0.3 is 10.2 Å². The molecule has 0 aliphatic carbocycles. The van der Waals surface area contributed by atoms with Crippen LogP contribution in [0.25, 0.3) is 0 Å². The van der Waals surface area contributed by atoms with E-state index in [1.165, 1.54) is 0 Å². The van der Waals surface area contributed by atoms with Crippen LogP contribution in [0.4, 0.5) is 0 Å². The van der Waals surface area contributed by atoms with Crippen LogP contribution >= 0.6 is 0 Å². The van der Waals surface area contributed by atoms with Crippen molar-refractivity contribution < 1.29 is 8.42 Å². The quantitative estimate of drug-likeness (QED) is 0.787. The summed E-state index contributed by atoms with van der Waals surface area (Å²) < 4.78 is 27.6. The molecule has 0 heterocycles. The van der Waals surface area contributed by atoms with Crippen LogP contribution in [-0.2, 0) is 16.6 Å². The van der Waals surface area contributed by atoms with E-state index >= 15 is 0 Å². The number of hydrogen-bond donors (Lipinski definition) is 2. The van der Waals surface area contributed by atoms with Crippen LogP contribution in [0.15, 0.2) is 23.1 Å². The van der Waals surface area contributed by atoms with E-state index in [4.69, 9.17) is 0 Å². The Morgan fingerprint density at radius 1 is 1.30 bits per heavy atom. The lowest BCUT2D eigenvalue weighted by atomic mass is 10.1. The van der Waals surface area contributed by atoms with Gasteiger partial charge in [-0.05, 0) is 52.2 Å². The number of aryl methyl sites for hydroxylation is 1. The third-order valence-electron chi connectivity index (χ3n) is 2.92. The lowest BCUT2D eigenvalue weighted by molar-refractivity contribution is 0.370. The van der Waals surface area contributed by atoms with Gasteiger partial charge in [-0.2, -0.15) is 0 Å². The molecule has 1 rings (SSSR count). The van der Waals surface area contributed by atoms with Gasteiger partial charge in [-0.15, -0.1) is 0 Å². The molecule has 5 nitrogen and oxygen atoms in total. The predicted octanol–water partition coefficient (Wildman–Crippen LogP) is 0.943. The molecular weight excluding hydrogens is 274 g/mol. The monoisotopic (exact) mass is 299 g/mol. The highest BCUT2D eigenvalue weighted by molar-refractivity contribution is 7.89. The summed E-state index contributed by atoms with van der Waals surface area (Å²) in [5.74, 6) is 0. The number of benzene rings is 1. The normalized spacial score (nSPS) is 13.7. The molecule has 114 valence electrons. The van der Waals surface area contributed by atoms with E-state index in [1.54, 1.807) is 6.07 Å². The second kappa shape index (κ2) is 7.17. The maximum Gasteiger partial charge on any atom is 0.241 e. The molecule has 20 heavy (non-hydrogen) atoms. The summed E-state index contributed by atoms with van der Waals surface area (Å²) in [7, 11) is 2.20. The number of rotatable bonds is 7. The van der Waals surface area contributed by atoms with Crippen molar-refractivity contribution in [1.29, 1.82) is 0 Å². The number of sulfonamides is 1. The Labute approximate surface area is 122 Å². The Bertz CT molecular complexity index is 541. The highest BCUT2D eigenvalue weighted by atomic mass is 32.2. The zero-order chi connectivity index (χ0) is 15.3. The molecule has 0 fully saturated rings. The highest BCUT2D eigenvalue weighted by Gasteiger charge is 2.20. The van der Waals surface area contributed by atoms with E-state index in [0.29, 0.717) is 18.0 Å².